The lowest BCUT2D eigenvalue weighted by atomic mass is 10.1. The zero-order valence-corrected chi connectivity index (χ0v) is 21.8. The van der Waals surface area contributed by atoms with Crippen molar-refractivity contribution < 1.29 is 23.9 Å². The number of ether oxygens (including phenoxy) is 2. The van der Waals surface area contributed by atoms with E-state index in [4.69, 9.17) is 21.1 Å². The first kappa shape index (κ1) is 26.6. The fourth-order valence-electron chi connectivity index (χ4n) is 4.60. The maximum absolute atomic E-state index is 13.2. The standard InChI is InChI=1S/C26H32ClN5O5/c1-36-20-7-8-23(37-2)21(15-20)29-24(33)16-22-26(35)28-9-10-32(22)25(34)17-30-11-13-31(14-12-30)19-5-3-18(27)4-6-19/h3-8,15,22H,9-14,16-17H2,1-2H3,(H,28,35)(H,29,33). The van der Waals surface area contributed by atoms with Crippen LogP contribution in [0, 0.1) is 0 Å². The monoisotopic (exact) mass is 529 g/mol. The lowest BCUT2D eigenvalue weighted by molar-refractivity contribution is -0.145. The molecule has 1 atom stereocenters. The van der Waals surface area contributed by atoms with Gasteiger partial charge in [-0.05, 0) is 36.4 Å². The van der Waals surface area contributed by atoms with Gasteiger partial charge < -0.3 is 29.9 Å². The maximum Gasteiger partial charge on any atom is 0.243 e. The van der Waals surface area contributed by atoms with E-state index < -0.39 is 11.9 Å². The molecule has 2 aliphatic rings. The second-order valence-electron chi connectivity index (χ2n) is 8.95. The smallest absolute Gasteiger partial charge is 0.243 e. The average molecular weight is 530 g/mol. The van der Waals surface area contributed by atoms with Gasteiger partial charge in [0.05, 0.1) is 32.9 Å². The maximum atomic E-state index is 13.2. The normalized spacial score (nSPS) is 18.2. The summed E-state index contributed by atoms with van der Waals surface area (Å²) in [5.74, 6) is 0.127. The third kappa shape index (κ3) is 6.64. The molecule has 37 heavy (non-hydrogen) atoms. The van der Waals surface area contributed by atoms with Gasteiger partial charge in [-0.25, -0.2) is 0 Å². The number of carbonyl (C=O) groups excluding carboxylic acids is 3. The summed E-state index contributed by atoms with van der Waals surface area (Å²) in [6.45, 7) is 3.91. The number of methoxy groups -OCH3 is 2. The predicted octanol–water partition coefficient (Wildman–Crippen LogP) is 1.83. The van der Waals surface area contributed by atoms with Gasteiger partial charge >= 0.3 is 0 Å². The lowest BCUT2D eigenvalue weighted by Gasteiger charge is -2.39. The second kappa shape index (κ2) is 12.2. The number of hydrogen-bond acceptors (Lipinski definition) is 7. The van der Waals surface area contributed by atoms with Gasteiger partial charge in [0.15, 0.2) is 0 Å². The lowest BCUT2D eigenvalue weighted by Crippen LogP contribution is -2.60. The second-order valence-corrected chi connectivity index (χ2v) is 9.39. The fraction of sp³-hybridized carbons (Fsp3) is 0.423. The molecule has 2 aliphatic heterocycles. The number of hydrogen-bond donors (Lipinski definition) is 2. The SMILES string of the molecule is COc1ccc(OC)c(NC(=O)CC2C(=O)NCCN2C(=O)CN2CCN(c3ccc(Cl)cc3)CC2)c1. The molecule has 11 heteroatoms. The first-order chi connectivity index (χ1) is 17.9. The Labute approximate surface area is 221 Å². The summed E-state index contributed by atoms with van der Waals surface area (Å²) in [5, 5.41) is 6.25. The van der Waals surface area contributed by atoms with Crippen LogP contribution >= 0.6 is 11.6 Å². The summed E-state index contributed by atoms with van der Waals surface area (Å²) in [5.41, 5.74) is 1.53. The molecule has 2 saturated heterocycles. The topological polar surface area (TPSA) is 103 Å². The molecule has 0 aromatic heterocycles. The Morgan fingerprint density at radius 1 is 1.03 bits per heavy atom. The molecule has 4 rings (SSSR count). The highest BCUT2D eigenvalue weighted by Gasteiger charge is 2.35. The molecule has 2 aromatic rings. The Kier molecular flexibility index (Phi) is 8.73. The van der Waals surface area contributed by atoms with Gasteiger partial charge in [0.25, 0.3) is 0 Å². The van der Waals surface area contributed by atoms with E-state index in [1.165, 1.54) is 19.1 Å². The Hall–Kier alpha value is -3.50. The van der Waals surface area contributed by atoms with Crippen molar-refractivity contribution in [2.75, 3.05) is 70.2 Å². The summed E-state index contributed by atoms with van der Waals surface area (Å²) in [7, 11) is 3.03. The van der Waals surface area contributed by atoms with Crippen LogP contribution in [0.4, 0.5) is 11.4 Å². The third-order valence-electron chi connectivity index (χ3n) is 6.63. The molecule has 0 radical (unpaired) electrons. The molecule has 0 saturated carbocycles. The minimum atomic E-state index is -0.881. The van der Waals surface area contributed by atoms with Crippen molar-refractivity contribution in [2.24, 2.45) is 0 Å². The molecule has 2 aromatic carbocycles. The van der Waals surface area contributed by atoms with Crippen LogP contribution in [0.3, 0.4) is 0 Å². The highest BCUT2D eigenvalue weighted by Crippen LogP contribution is 2.29. The molecule has 2 fully saturated rings. The molecule has 1 unspecified atom stereocenters. The van der Waals surface area contributed by atoms with Gasteiger partial charge in [-0.15, -0.1) is 0 Å². The number of halogens is 1. The van der Waals surface area contributed by atoms with Gasteiger partial charge in [-0.3, -0.25) is 19.3 Å². The zero-order valence-electron chi connectivity index (χ0n) is 21.0. The summed E-state index contributed by atoms with van der Waals surface area (Å²) in [4.78, 5) is 44.7. The molecular weight excluding hydrogens is 498 g/mol. The first-order valence-corrected chi connectivity index (χ1v) is 12.6. The van der Waals surface area contributed by atoms with E-state index >= 15 is 0 Å². The van der Waals surface area contributed by atoms with E-state index in [2.05, 4.69) is 20.4 Å². The van der Waals surface area contributed by atoms with Crippen molar-refractivity contribution in [1.82, 2.24) is 15.1 Å². The van der Waals surface area contributed by atoms with Crippen molar-refractivity contribution in [2.45, 2.75) is 12.5 Å². The van der Waals surface area contributed by atoms with Crippen LogP contribution in [-0.2, 0) is 14.4 Å². The predicted molar refractivity (Wildman–Crippen MR) is 141 cm³/mol. The molecular formula is C26H32ClN5O5. The quantitative estimate of drug-likeness (QED) is 0.538. The van der Waals surface area contributed by atoms with Gasteiger partial charge in [0.1, 0.15) is 17.5 Å². The molecule has 10 nitrogen and oxygen atoms in total. The average Bonchev–Trinajstić information content (AvgIpc) is 2.90. The summed E-state index contributed by atoms with van der Waals surface area (Å²) < 4.78 is 10.5. The highest BCUT2D eigenvalue weighted by atomic mass is 35.5. The van der Waals surface area contributed by atoms with Crippen LogP contribution in [0.1, 0.15) is 6.42 Å². The Bertz CT molecular complexity index is 1120. The van der Waals surface area contributed by atoms with Crippen LogP contribution in [0.5, 0.6) is 11.5 Å². The largest absolute Gasteiger partial charge is 0.497 e. The molecule has 2 N–H and O–H groups in total. The van der Waals surface area contributed by atoms with E-state index in [1.54, 1.807) is 18.2 Å². The summed E-state index contributed by atoms with van der Waals surface area (Å²) in [6, 6.07) is 11.9. The van der Waals surface area contributed by atoms with E-state index in [9.17, 15) is 14.4 Å². The Balaban J connectivity index is 1.35. The number of piperazine rings is 2. The van der Waals surface area contributed by atoms with E-state index in [0.29, 0.717) is 35.3 Å². The molecule has 0 bridgehead atoms. The zero-order chi connectivity index (χ0) is 26.4. The van der Waals surface area contributed by atoms with Crippen molar-refractivity contribution in [3.8, 4) is 11.5 Å². The number of anilines is 2. The first-order valence-electron chi connectivity index (χ1n) is 12.2. The van der Waals surface area contributed by atoms with Crippen LogP contribution < -0.4 is 25.0 Å². The number of nitrogens with zero attached hydrogens (tertiary/aromatic N) is 3. The van der Waals surface area contributed by atoms with Gasteiger partial charge in [0.2, 0.25) is 17.7 Å². The van der Waals surface area contributed by atoms with Crippen molar-refractivity contribution in [3.63, 3.8) is 0 Å². The van der Waals surface area contributed by atoms with Crippen LogP contribution in [0.2, 0.25) is 5.02 Å². The summed E-state index contributed by atoms with van der Waals surface area (Å²) in [6.07, 6.45) is -0.164. The van der Waals surface area contributed by atoms with Crippen molar-refractivity contribution in [1.29, 1.82) is 0 Å². The number of rotatable bonds is 8. The van der Waals surface area contributed by atoms with E-state index in [0.717, 1.165) is 31.9 Å². The number of amides is 3. The van der Waals surface area contributed by atoms with E-state index in [1.807, 2.05) is 24.3 Å². The summed E-state index contributed by atoms with van der Waals surface area (Å²) >= 11 is 5.99. The van der Waals surface area contributed by atoms with Gasteiger partial charge in [-0.2, -0.15) is 0 Å². The van der Waals surface area contributed by atoms with Gasteiger partial charge in [0, 0.05) is 56.0 Å². The minimum Gasteiger partial charge on any atom is -0.497 e. The Morgan fingerprint density at radius 3 is 2.43 bits per heavy atom. The molecule has 2 heterocycles. The third-order valence-corrected chi connectivity index (χ3v) is 6.89. The van der Waals surface area contributed by atoms with E-state index in [-0.39, 0.29) is 24.8 Å². The van der Waals surface area contributed by atoms with Crippen LogP contribution in [-0.4, -0.2) is 93.6 Å². The fourth-order valence-corrected chi connectivity index (χ4v) is 4.73. The Morgan fingerprint density at radius 2 is 1.76 bits per heavy atom. The number of nitrogens with one attached hydrogen (secondary N) is 2. The molecule has 0 spiro atoms. The van der Waals surface area contributed by atoms with Gasteiger partial charge in [-0.1, -0.05) is 11.6 Å². The number of benzene rings is 2. The minimum absolute atomic E-state index is 0.161. The molecule has 3 amide bonds. The number of carbonyl (C=O) groups is 3. The molecule has 198 valence electrons. The van der Waals surface area contributed by atoms with Crippen LogP contribution in [0.25, 0.3) is 0 Å². The van der Waals surface area contributed by atoms with Crippen molar-refractivity contribution in [3.05, 3.63) is 47.5 Å². The highest BCUT2D eigenvalue weighted by molar-refractivity contribution is 6.30. The van der Waals surface area contributed by atoms with Crippen LogP contribution in [0.15, 0.2) is 42.5 Å². The van der Waals surface area contributed by atoms with Crippen molar-refractivity contribution >= 4 is 40.7 Å². The molecule has 0 aliphatic carbocycles.